The molecule has 0 spiro atoms. The Morgan fingerprint density at radius 2 is 2.50 bits per heavy atom. The highest BCUT2D eigenvalue weighted by Gasteiger charge is 2.39. The van der Waals surface area contributed by atoms with Crippen molar-refractivity contribution in [2.75, 3.05) is 7.11 Å². The number of fused-ring (bicyclic) bond motifs is 1. The molecule has 1 fully saturated rings. The molecule has 0 bridgehead atoms. The van der Waals surface area contributed by atoms with Gasteiger partial charge in [0.15, 0.2) is 4.96 Å². The number of rotatable bonds is 3. The summed E-state index contributed by atoms with van der Waals surface area (Å²) in [4.78, 5) is 5.53. The quantitative estimate of drug-likeness (QED) is 0.927. The van der Waals surface area contributed by atoms with Gasteiger partial charge in [-0.15, -0.1) is 11.3 Å². The molecule has 1 aliphatic rings. The lowest BCUT2D eigenvalue weighted by atomic mass is 9.79. The van der Waals surface area contributed by atoms with Crippen LogP contribution >= 0.6 is 11.3 Å². The fraction of sp³-hybridized carbons (Fsp3) is 0.615. The van der Waals surface area contributed by atoms with Crippen molar-refractivity contribution in [1.29, 1.82) is 0 Å². The molecule has 18 heavy (non-hydrogen) atoms. The molecular formula is C13H18N2O2S. The van der Waals surface area contributed by atoms with Crippen molar-refractivity contribution in [2.24, 2.45) is 0 Å². The molecule has 2 unspecified atom stereocenters. The number of hydrogen-bond donors (Lipinski definition) is 1. The van der Waals surface area contributed by atoms with Gasteiger partial charge in [0.05, 0.1) is 17.4 Å². The molecular weight excluding hydrogens is 248 g/mol. The van der Waals surface area contributed by atoms with Crippen LogP contribution in [0.4, 0.5) is 0 Å². The molecule has 98 valence electrons. The molecule has 0 aliphatic heterocycles. The topological polar surface area (TPSA) is 46.8 Å². The van der Waals surface area contributed by atoms with Crippen LogP contribution in [0.2, 0.25) is 0 Å². The van der Waals surface area contributed by atoms with Gasteiger partial charge in [-0.3, -0.25) is 4.40 Å². The summed E-state index contributed by atoms with van der Waals surface area (Å²) in [5.41, 5.74) is 0.199. The van der Waals surface area contributed by atoms with Crippen molar-refractivity contribution in [3.63, 3.8) is 0 Å². The summed E-state index contributed by atoms with van der Waals surface area (Å²) in [5.74, 6) is 0. The van der Waals surface area contributed by atoms with E-state index in [9.17, 15) is 5.11 Å². The summed E-state index contributed by atoms with van der Waals surface area (Å²) in [6.07, 6.45) is 8.47. The number of methoxy groups -OCH3 is 1. The first-order chi connectivity index (χ1) is 8.71. The normalized spacial score (nSPS) is 28.9. The van der Waals surface area contributed by atoms with Crippen LogP contribution in [0.25, 0.3) is 4.96 Å². The van der Waals surface area contributed by atoms with E-state index in [1.807, 2.05) is 22.2 Å². The summed E-state index contributed by atoms with van der Waals surface area (Å²) in [6.45, 7) is 0. The van der Waals surface area contributed by atoms with E-state index >= 15 is 0 Å². The second-order valence-corrected chi connectivity index (χ2v) is 5.95. The summed E-state index contributed by atoms with van der Waals surface area (Å²) < 4.78 is 7.46. The minimum Gasteiger partial charge on any atom is -0.387 e. The maximum Gasteiger partial charge on any atom is 0.193 e. The summed E-state index contributed by atoms with van der Waals surface area (Å²) >= 11 is 1.61. The van der Waals surface area contributed by atoms with Gasteiger partial charge in [0.2, 0.25) is 0 Å². The first-order valence-electron chi connectivity index (χ1n) is 6.37. The van der Waals surface area contributed by atoms with Gasteiger partial charge in [0, 0.05) is 31.3 Å². The van der Waals surface area contributed by atoms with E-state index in [4.69, 9.17) is 4.74 Å². The lowest BCUT2D eigenvalue weighted by Crippen LogP contribution is -2.47. The Labute approximate surface area is 110 Å². The molecule has 5 heteroatoms. The Hall–Kier alpha value is -0.910. The molecule has 2 aromatic heterocycles. The number of imidazole rings is 1. The third-order valence-corrected chi connectivity index (χ3v) is 4.61. The molecule has 3 rings (SSSR count). The van der Waals surface area contributed by atoms with Crippen LogP contribution in [0.15, 0.2) is 17.8 Å². The van der Waals surface area contributed by atoms with Gasteiger partial charge < -0.3 is 9.84 Å². The van der Waals surface area contributed by atoms with Crippen LogP contribution in [-0.4, -0.2) is 33.3 Å². The molecule has 1 aliphatic carbocycles. The zero-order valence-corrected chi connectivity index (χ0v) is 11.3. The van der Waals surface area contributed by atoms with E-state index in [1.165, 1.54) is 0 Å². The molecule has 2 atom stereocenters. The van der Waals surface area contributed by atoms with Gasteiger partial charge in [-0.1, -0.05) is 12.8 Å². The van der Waals surface area contributed by atoms with Gasteiger partial charge in [-0.25, -0.2) is 4.98 Å². The maximum absolute atomic E-state index is 10.8. The van der Waals surface area contributed by atoms with E-state index < -0.39 is 5.60 Å². The lowest BCUT2D eigenvalue weighted by molar-refractivity contribution is -0.116. The minimum atomic E-state index is -0.753. The Balaban J connectivity index is 1.83. The summed E-state index contributed by atoms with van der Waals surface area (Å²) in [6, 6.07) is 0. The van der Waals surface area contributed by atoms with Gasteiger partial charge >= 0.3 is 0 Å². The fourth-order valence-electron chi connectivity index (χ4n) is 2.90. The average Bonchev–Trinajstić information content (AvgIpc) is 2.89. The number of hydrogen-bond acceptors (Lipinski definition) is 4. The smallest absolute Gasteiger partial charge is 0.193 e. The van der Waals surface area contributed by atoms with Crippen LogP contribution in [0, 0.1) is 0 Å². The first kappa shape index (κ1) is 12.1. The van der Waals surface area contributed by atoms with Crippen molar-refractivity contribution in [3.05, 3.63) is 23.5 Å². The maximum atomic E-state index is 10.8. The predicted molar refractivity (Wildman–Crippen MR) is 71.0 cm³/mol. The van der Waals surface area contributed by atoms with E-state index in [2.05, 4.69) is 4.98 Å². The Kier molecular flexibility index (Phi) is 3.13. The largest absolute Gasteiger partial charge is 0.387 e. The standard InChI is InChI=1S/C13H18N2O2S/c1-17-11-4-2-3-5-13(11,16)8-10-9-15-6-7-18-12(15)14-10/h6-7,9,11,16H,2-5,8H2,1H3. The minimum absolute atomic E-state index is 0.0639. The Morgan fingerprint density at radius 1 is 1.61 bits per heavy atom. The van der Waals surface area contributed by atoms with Crippen LogP contribution in [0.1, 0.15) is 31.4 Å². The highest BCUT2D eigenvalue weighted by atomic mass is 32.1. The average molecular weight is 266 g/mol. The highest BCUT2D eigenvalue weighted by Crippen LogP contribution is 2.33. The molecule has 0 saturated heterocycles. The third-order valence-electron chi connectivity index (χ3n) is 3.84. The summed E-state index contributed by atoms with van der Waals surface area (Å²) in [7, 11) is 1.69. The highest BCUT2D eigenvalue weighted by molar-refractivity contribution is 7.15. The number of ether oxygens (including phenoxy) is 1. The number of nitrogens with zero attached hydrogens (tertiary/aromatic N) is 2. The molecule has 4 nitrogen and oxygen atoms in total. The van der Waals surface area contributed by atoms with Gasteiger partial charge in [-0.2, -0.15) is 0 Å². The molecule has 2 heterocycles. The lowest BCUT2D eigenvalue weighted by Gasteiger charge is -2.38. The SMILES string of the molecule is COC1CCCCC1(O)Cc1cn2ccsc2n1. The fourth-order valence-corrected chi connectivity index (χ4v) is 3.62. The monoisotopic (exact) mass is 266 g/mol. The predicted octanol–water partition coefficient (Wildman–Crippen LogP) is 2.26. The summed E-state index contributed by atoms with van der Waals surface area (Å²) in [5, 5.41) is 12.8. The van der Waals surface area contributed by atoms with Crippen LogP contribution in [-0.2, 0) is 11.2 Å². The van der Waals surface area contributed by atoms with Crippen molar-refractivity contribution in [2.45, 2.75) is 43.8 Å². The number of aromatic nitrogens is 2. The molecule has 0 aromatic carbocycles. The zero-order chi connectivity index (χ0) is 12.6. The molecule has 0 radical (unpaired) electrons. The van der Waals surface area contributed by atoms with E-state index in [0.29, 0.717) is 6.42 Å². The second kappa shape index (κ2) is 4.64. The van der Waals surface area contributed by atoms with Crippen LogP contribution in [0.3, 0.4) is 0 Å². The van der Waals surface area contributed by atoms with Gasteiger partial charge in [-0.05, 0) is 12.8 Å². The van der Waals surface area contributed by atoms with E-state index in [-0.39, 0.29) is 6.10 Å². The third kappa shape index (κ3) is 2.06. The first-order valence-corrected chi connectivity index (χ1v) is 7.25. The van der Waals surface area contributed by atoms with Gasteiger partial charge in [0.25, 0.3) is 0 Å². The van der Waals surface area contributed by atoms with E-state index in [0.717, 1.165) is 36.3 Å². The second-order valence-electron chi connectivity index (χ2n) is 5.08. The number of aliphatic hydroxyl groups is 1. The zero-order valence-electron chi connectivity index (χ0n) is 10.5. The van der Waals surface area contributed by atoms with Gasteiger partial charge in [0.1, 0.15) is 0 Å². The number of thiazole rings is 1. The molecule has 1 N–H and O–H groups in total. The molecule has 0 amide bonds. The van der Waals surface area contributed by atoms with Crippen LogP contribution in [0.5, 0.6) is 0 Å². The Bertz CT molecular complexity index is 507. The van der Waals surface area contributed by atoms with E-state index in [1.54, 1.807) is 18.4 Å². The molecule has 2 aromatic rings. The molecule has 1 saturated carbocycles. The van der Waals surface area contributed by atoms with Crippen molar-refractivity contribution in [3.8, 4) is 0 Å². The van der Waals surface area contributed by atoms with Crippen molar-refractivity contribution in [1.82, 2.24) is 9.38 Å². The van der Waals surface area contributed by atoms with Crippen molar-refractivity contribution < 1.29 is 9.84 Å². The van der Waals surface area contributed by atoms with Crippen LogP contribution < -0.4 is 0 Å². The van der Waals surface area contributed by atoms with Crippen molar-refractivity contribution >= 4 is 16.3 Å². The Morgan fingerprint density at radius 3 is 3.28 bits per heavy atom.